The Hall–Kier alpha value is -2.22. The summed E-state index contributed by atoms with van der Waals surface area (Å²) in [6.45, 7) is 0. The van der Waals surface area contributed by atoms with Crippen LogP contribution in [0.4, 0.5) is 5.69 Å². The molecule has 0 saturated heterocycles. The predicted octanol–water partition coefficient (Wildman–Crippen LogP) is 2.54. The lowest BCUT2D eigenvalue weighted by molar-refractivity contribution is -0.113. The van der Waals surface area contributed by atoms with Crippen LogP contribution >= 0.6 is 11.8 Å². The van der Waals surface area contributed by atoms with Crippen molar-refractivity contribution in [1.29, 1.82) is 0 Å². The van der Waals surface area contributed by atoms with E-state index in [0.29, 0.717) is 16.9 Å². The average molecular weight is 348 g/mol. The van der Waals surface area contributed by atoms with Gasteiger partial charge in [0.05, 0.1) is 11.9 Å². The SMILES string of the molecule is O=C(CSc1n[nH]c(=O)[nH]1)Nc1ccc(OC2CCCCC2)cc1. The van der Waals surface area contributed by atoms with Gasteiger partial charge in [0.15, 0.2) is 5.16 Å². The lowest BCUT2D eigenvalue weighted by Crippen LogP contribution is -2.19. The van der Waals surface area contributed by atoms with Crippen molar-refractivity contribution >= 4 is 23.4 Å². The van der Waals surface area contributed by atoms with Crippen LogP contribution in [0.5, 0.6) is 5.75 Å². The first-order valence-corrected chi connectivity index (χ1v) is 9.02. The molecule has 3 rings (SSSR count). The van der Waals surface area contributed by atoms with Crippen LogP contribution < -0.4 is 15.7 Å². The molecular weight excluding hydrogens is 328 g/mol. The van der Waals surface area contributed by atoms with Crippen molar-refractivity contribution in [2.24, 2.45) is 0 Å². The minimum atomic E-state index is -0.383. The van der Waals surface area contributed by atoms with Crippen molar-refractivity contribution in [3.8, 4) is 5.75 Å². The number of carbonyl (C=O) groups is 1. The standard InChI is InChI=1S/C16H20N4O3S/c21-14(10-24-16-18-15(22)19-20-16)17-11-6-8-13(9-7-11)23-12-4-2-1-3-5-12/h6-9,12H,1-5,10H2,(H,17,21)(H2,18,19,20,22). The number of carbonyl (C=O) groups excluding carboxylic acids is 1. The lowest BCUT2D eigenvalue weighted by Gasteiger charge is -2.23. The molecule has 1 aliphatic rings. The fraction of sp³-hybridized carbons (Fsp3) is 0.438. The Bertz CT molecular complexity index is 719. The maximum Gasteiger partial charge on any atom is 0.341 e. The zero-order valence-electron chi connectivity index (χ0n) is 13.2. The van der Waals surface area contributed by atoms with Crippen molar-refractivity contribution in [1.82, 2.24) is 15.2 Å². The molecule has 0 atom stereocenters. The van der Waals surface area contributed by atoms with Crippen LogP contribution in [0.2, 0.25) is 0 Å². The molecule has 3 N–H and O–H groups in total. The summed E-state index contributed by atoms with van der Waals surface area (Å²) in [4.78, 5) is 25.3. The van der Waals surface area contributed by atoms with E-state index in [1.165, 1.54) is 19.3 Å². The Morgan fingerprint density at radius 2 is 2.00 bits per heavy atom. The van der Waals surface area contributed by atoms with Crippen LogP contribution in [0.1, 0.15) is 32.1 Å². The molecule has 1 aromatic heterocycles. The first-order chi connectivity index (χ1) is 11.7. The monoisotopic (exact) mass is 348 g/mol. The number of anilines is 1. The molecule has 7 nitrogen and oxygen atoms in total. The third-order valence-corrected chi connectivity index (χ3v) is 4.69. The number of aromatic amines is 2. The van der Waals surface area contributed by atoms with Crippen LogP contribution in [0.15, 0.2) is 34.2 Å². The van der Waals surface area contributed by atoms with Gasteiger partial charge in [-0.2, -0.15) is 0 Å². The van der Waals surface area contributed by atoms with Gasteiger partial charge in [-0.3, -0.25) is 9.78 Å². The van der Waals surface area contributed by atoms with Gasteiger partial charge in [-0.15, -0.1) is 5.10 Å². The number of aromatic nitrogens is 3. The molecule has 0 bridgehead atoms. The molecule has 8 heteroatoms. The number of hydrogen-bond acceptors (Lipinski definition) is 5. The number of rotatable bonds is 6. The maximum atomic E-state index is 11.9. The molecule has 2 aromatic rings. The van der Waals surface area contributed by atoms with Crippen LogP contribution in [0.3, 0.4) is 0 Å². The Balaban J connectivity index is 1.46. The summed E-state index contributed by atoms with van der Waals surface area (Å²) < 4.78 is 5.96. The smallest absolute Gasteiger partial charge is 0.341 e. The Morgan fingerprint density at radius 1 is 1.25 bits per heavy atom. The lowest BCUT2D eigenvalue weighted by atomic mass is 9.98. The Morgan fingerprint density at radius 3 is 2.67 bits per heavy atom. The highest BCUT2D eigenvalue weighted by molar-refractivity contribution is 7.99. The molecule has 1 saturated carbocycles. The van der Waals surface area contributed by atoms with Crippen molar-refractivity contribution in [2.75, 3.05) is 11.1 Å². The molecule has 0 spiro atoms. The molecule has 1 amide bonds. The molecule has 1 heterocycles. The maximum absolute atomic E-state index is 11.9. The third kappa shape index (κ3) is 4.89. The summed E-state index contributed by atoms with van der Waals surface area (Å²) >= 11 is 1.16. The number of nitrogens with one attached hydrogen (secondary N) is 3. The minimum absolute atomic E-state index is 0.162. The van der Waals surface area contributed by atoms with Gasteiger partial charge in [-0.25, -0.2) is 9.89 Å². The average Bonchev–Trinajstić information content (AvgIpc) is 3.01. The number of amides is 1. The number of ether oxygens (including phenoxy) is 1. The summed E-state index contributed by atoms with van der Waals surface area (Å²) in [5, 5.41) is 9.19. The van der Waals surface area contributed by atoms with Gasteiger partial charge >= 0.3 is 5.69 Å². The zero-order chi connectivity index (χ0) is 16.8. The third-order valence-electron chi connectivity index (χ3n) is 3.81. The van der Waals surface area contributed by atoms with E-state index in [-0.39, 0.29) is 17.3 Å². The van der Waals surface area contributed by atoms with Crippen LogP contribution in [-0.2, 0) is 4.79 Å². The van der Waals surface area contributed by atoms with E-state index in [4.69, 9.17) is 4.74 Å². The molecule has 1 aromatic carbocycles. The first kappa shape index (κ1) is 16.6. The van der Waals surface area contributed by atoms with Crippen molar-refractivity contribution in [3.63, 3.8) is 0 Å². The second kappa shape index (κ2) is 8.05. The van der Waals surface area contributed by atoms with Gasteiger partial charge in [0.25, 0.3) is 0 Å². The Kier molecular flexibility index (Phi) is 5.58. The second-order valence-electron chi connectivity index (χ2n) is 5.72. The molecule has 1 aliphatic carbocycles. The van der Waals surface area contributed by atoms with E-state index >= 15 is 0 Å². The zero-order valence-corrected chi connectivity index (χ0v) is 14.0. The highest BCUT2D eigenvalue weighted by Crippen LogP contribution is 2.24. The van der Waals surface area contributed by atoms with Gasteiger partial charge in [0.2, 0.25) is 5.91 Å². The molecule has 128 valence electrons. The van der Waals surface area contributed by atoms with Crippen molar-refractivity contribution in [3.05, 3.63) is 34.7 Å². The van der Waals surface area contributed by atoms with E-state index in [0.717, 1.165) is 30.4 Å². The number of hydrogen-bond donors (Lipinski definition) is 3. The van der Waals surface area contributed by atoms with Crippen LogP contribution in [0.25, 0.3) is 0 Å². The molecule has 0 radical (unpaired) electrons. The predicted molar refractivity (Wildman–Crippen MR) is 92.5 cm³/mol. The molecule has 1 fully saturated rings. The summed E-state index contributed by atoms with van der Waals surface area (Å²) in [6, 6.07) is 7.42. The first-order valence-electron chi connectivity index (χ1n) is 8.03. The summed E-state index contributed by atoms with van der Waals surface area (Å²) in [7, 11) is 0. The number of benzene rings is 1. The molecular formula is C16H20N4O3S. The van der Waals surface area contributed by atoms with Gasteiger partial charge in [0, 0.05) is 5.69 Å². The van der Waals surface area contributed by atoms with E-state index in [2.05, 4.69) is 20.5 Å². The summed E-state index contributed by atoms with van der Waals surface area (Å²) in [5.41, 5.74) is 0.332. The van der Waals surface area contributed by atoms with E-state index in [9.17, 15) is 9.59 Å². The number of H-pyrrole nitrogens is 2. The van der Waals surface area contributed by atoms with Gasteiger partial charge in [-0.1, -0.05) is 18.2 Å². The van der Waals surface area contributed by atoms with Crippen molar-refractivity contribution in [2.45, 2.75) is 43.4 Å². The molecule has 24 heavy (non-hydrogen) atoms. The van der Waals surface area contributed by atoms with E-state index < -0.39 is 0 Å². The van der Waals surface area contributed by atoms with Gasteiger partial charge in [-0.05, 0) is 49.9 Å². The Labute approximate surface area is 143 Å². The van der Waals surface area contributed by atoms with Gasteiger partial charge < -0.3 is 10.1 Å². The number of nitrogens with zero attached hydrogens (tertiary/aromatic N) is 1. The summed E-state index contributed by atoms with van der Waals surface area (Å²) in [6.07, 6.45) is 6.31. The number of thioether (sulfide) groups is 1. The minimum Gasteiger partial charge on any atom is -0.490 e. The van der Waals surface area contributed by atoms with Crippen LogP contribution in [-0.4, -0.2) is 32.9 Å². The highest BCUT2D eigenvalue weighted by Gasteiger charge is 2.14. The topological polar surface area (TPSA) is 99.9 Å². The fourth-order valence-corrected chi connectivity index (χ4v) is 3.26. The van der Waals surface area contributed by atoms with Gasteiger partial charge in [0.1, 0.15) is 5.75 Å². The molecule has 0 aliphatic heterocycles. The normalized spacial score (nSPS) is 15.2. The quantitative estimate of drug-likeness (QED) is 0.697. The second-order valence-corrected chi connectivity index (χ2v) is 6.69. The van der Waals surface area contributed by atoms with Crippen molar-refractivity contribution < 1.29 is 9.53 Å². The van der Waals surface area contributed by atoms with Crippen LogP contribution in [0, 0.1) is 0 Å². The fourth-order valence-electron chi connectivity index (χ4n) is 2.65. The highest BCUT2D eigenvalue weighted by atomic mass is 32.2. The van der Waals surface area contributed by atoms with E-state index in [1.807, 2.05) is 24.3 Å². The molecule has 0 unspecified atom stereocenters. The van der Waals surface area contributed by atoms with E-state index in [1.54, 1.807) is 0 Å². The largest absolute Gasteiger partial charge is 0.490 e. The summed E-state index contributed by atoms with van der Waals surface area (Å²) in [5.74, 6) is 0.842.